The minimum Gasteiger partial charge on any atom is -0.393 e. The summed E-state index contributed by atoms with van der Waals surface area (Å²) < 4.78 is 1.49. The van der Waals surface area contributed by atoms with Gasteiger partial charge in [-0.25, -0.2) is 4.68 Å². The summed E-state index contributed by atoms with van der Waals surface area (Å²) in [7, 11) is 0. The quantitative estimate of drug-likeness (QED) is 0.906. The van der Waals surface area contributed by atoms with E-state index in [4.69, 9.17) is 11.6 Å². The van der Waals surface area contributed by atoms with Gasteiger partial charge in [0.15, 0.2) is 5.69 Å². The third-order valence-electron chi connectivity index (χ3n) is 3.86. The van der Waals surface area contributed by atoms with E-state index in [1.54, 1.807) is 18.3 Å². The van der Waals surface area contributed by atoms with Crippen molar-refractivity contribution in [3.05, 3.63) is 41.2 Å². The lowest BCUT2D eigenvalue weighted by molar-refractivity contribution is 0.0863. The molecule has 1 aliphatic rings. The normalized spacial score (nSPS) is 21.5. The molecule has 1 aliphatic carbocycles. The number of aromatic nitrogens is 3. The molecule has 0 aliphatic heterocycles. The number of amides is 1. The minimum absolute atomic E-state index is 0.0846. The molecule has 22 heavy (non-hydrogen) atoms. The molecule has 0 atom stereocenters. The molecule has 0 saturated heterocycles. The van der Waals surface area contributed by atoms with Crippen LogP contribution in [0.15, 0.2) is 30.5 Å². The Morgan fingerprint density at radius 2 is 2.00 bits per heavy atom. The first-order chi connectivity index (χ1) is 10.6. The number of hydrogen-bond donors (Lipinski definition) is 2. The van der Waals surface area contributed by atoms with Crippen LogP contribution < -0.4 is 5.32 Å². The van der Waals surface area contributed by atoms with Crippen LogP contribution in [0.2, 0.25) is 5.02 Å². The number of aliphatic hydroxyl groups excluding tert-OH is 1. The van der Waals surface area contributed by atoms with Gasteiger partial charge >= 0.3 is 0 Å². The third-order valence-corrected chi connectivity index (χ3v) is 4.18. The predicted molar refractivity (Wildman–Crippen MR) is 82.1 cm³/mol. The molecule has 0 bridgehead atoms. The summed E-state index contributed by atoms with van der Waals surface area (Å²) in [6.45, 7) is 0. The van der Waals surface area contributed by atoms with Crippen molar-refractivity contribution in [3.8, 4) is 5.69 Å². The molecule has 1 amide bonds. The van der Waals surface area contributed by atoms with Crippen molar-refractivity contribution in [2.45, 2.75) is 37.8 Å². The summed E-state index contributed by atoms with van der Waals surface area (Å²) in [4.78, 5) is 12.2. The Hall–Kier alpha value is -1.92. The van der Waals surface area contributed by atoms with E-state index in [1.165, 1.54) is 4.68 Å². The molecule has 1 saturated carbocycles. The summed E-state index contributed by atoms with van der Waals surface area (Å²) in [5, 5.41) is 20.8. The molecule has 2 aromatic rings. The Labute approximate surface area is 133 Å². The number of rotatable bonds is 3. The van der Waals surface area contributed by atoms with E-state index in [2.05, 4.69) is 15.6 Å². The Morgan fingerprint density at radius 1 is 1.27 bits per heavy atom. The van der Waals surface area contributed by atoms with Crippen LogP contribution in [0.1, 0.15) is 36.2 Å². The molecular formula is C15H17ClN4O2. The van der Waals surface area contributed by atoms with Crippen LogP contribution in [-0.2, 0) is 0 Å². The molecule has 6 nitrogen and oxygen atoms in total. The Kier molecular flexibility index (Phi) is 4.40. The van der Waals surface area contributed by atoms with E-state index in [9.17, 15) is 9.90 Å². The molecule has 1 aromatic heterocycles. The number of benzene rings is 1. The van der Waals surface area contributed by atoms with Crippen LogP contribution in [0.3, 0.4) is 0 Å². The van der Waals surface area contributed by atoms with Crippen molar-refractivity contribution >= 4 is 17.5 Å². The smallest absolute Gasteiger partial charge is 0.273 e. The molecule has 1 heterocycles. The van der Waals surface area contributed by atoms with Crippen molar-refractivity contribution in [1.82, 2.24) is 20.3 Å². The first-order valence-corrected chi connectivity index (χ1v) is 7.67. The van der Waals surface area contributed by atoms with E-state index < -0.39 is 0 Å². The highest BCUT2D eigenvalue weighted by atomic mass is 35.5. The van der Waals surface area contributed by atoms with E-state index in [0.29, 0.717) is 10.7 Å². The van der Waals surface area contributed by atoms with Crippen LogP contribution >= 0.6 is 11.6 Å². The highest BCUT2D eigenvalue weighted by molar-refractivity contribution is 6.32. The van der Waals surface area contributed by atoms with Gasteiger partial charge in [-0.05, 0) is 37.8 Å². The number of aliphatic hydroxyl groups is 1. The van der Waals surface area contributed by atoms with Crippen molar-refractivity contribution in [2.24, 2.45) is 0 Å². The van der Waals surface area contributed by atoms with Crippen LogP contribution in [-0.4, -0.2) is 38.2 Å². The zero-order valence-electron chi connectivity index (χ0n) is 11.9. The van der Waals surface area contributed by atoms with Crippen molar-refractivity contribution < 1.29 is 9.90 Å². The SMILES string of the molecule is O=C(NC1CCC(O)CC1)c1cn(-c2ccccc2Cl)nn1. The largest absolute Gasteiger partial charge is 0.393 e. The van der Waals surface area contributed by atoms with Gasteiger partial charge in [-0.2, -0.15) is 0 Å². The van der Waals surface area contributed by atoms with Crippen molar-refractivity contribution in [1.29, 1.82) is 0 Å². The van der Waals surface area contributed by atoms with Crippen LogP contribution in [0.5, 0.6) is 0 Å². The Balaban J connectivity index is 1.68. The van der Waals surface area contributed by atoms with Crippen LogP contribution in [0.25, 0.3) is 5.69 Å². The molecule has 7 heteroatoms. The fraction of sp³-hybridized carbons (Fsp3) is 0.400. The maximum Gasteiger partial charge on any atom is 0.273 e. The number of carbonyl (C=O) groups is 1. The Morgan fingerprint density at radius 3 is 2.73 bits per heavy atom. The number of para-hydroxylation sites is 1. The number of carbonyl (C=O) groups excluding carboxylic acids is 1. The first kappa shape index (κ1) is 15.0. The van der Waals surface area contributed by atoms with Gasteiger partial charge in [0.25, 0.3) is 5.91 Å². The molecule has 0 radical (unpaired) electrons. The standard InChI is InChI=1S/C15H17ClN4O2/c16-12-3-1-2-4-14(12)20-9-13(18-19-20)15(22)17-10-5-7-11(21)8-6-10/h1-4,9-11,21H,5-8H2,(H,17,22). The fourth-order valence-electron chi connectivity index (χ4n) is 2.60. The lowest BCUT2D eigenvalue weighted by Gasteiger charge is -2.25. The minimum atomic E-state index is -0.250. The summed E-state index contributed by atoms with van der Waals surface area (Å²) in [5.74, 6) is -0.250. The van der Waals surface area contributed by atoms with Gasteiger partial charge in [-0.1, -0.05) is 28.9 Å². The molecule has 2 N–H and O–H groups in total. The third kappa shape index (κ3) is 3.28. The summed E-state index contributed by atoms with van der Waals surface area (Å²) >= 11 is 6.10. The van der Waals surface area contributed by atoms with Crippen molar-refractivity contribution in [2.75, 3.05) is 0 Å². The second-order valence-corrected chi connectivity index (χ2v) is 5.89. The number of hydrogen-bond acceptors (Lipinski definition) is 4. The summed E-state index contributed by atoms with van der Waals surface area (Å²) in [6.07, 6.45) is 4.33. The van der Waals surface area contributed by atoms with E-state index in [1.807, 2.05) is 12.1 Å². The van der Waals surface area contributed by atoms with Gasteiger partial charge in [0.1, 0.15) is 0 Å². The zero-order chi connectivity index (χ0) is 15.5. The van der Waals surface area contributed by atoms with Gasteiger partial charge in [-0.15, -0.1) is 5.10 Å². The van der Waals surface area contributed by atoms with E-state index in [-0.39, 0.29) is 23.7 Å². The van der Waals surface area contributed by atoms with Crippen LogP contribution in [0.4, 0.5) is 0 Å². The highest BCUT2D eigenvalue weighted by Crippen LogP contribution is 2.20. The second-order valence-electron chi connectivity index (χ2n) is 5.48. The van der Waals surface area contributed by atoms with E-state index >= 15 is 0 Å². The van der Waals surface area contributed by atoms with Gasteiger partial charge in [-0.3, -0.25) is 4.79 Å². The van der Waals surface area contributed by atoms with Gasteiger partial charge in [0.05, 0.1) is 23.0 Å². The predicted octanol–water partition coefficient (Wildman–Crippen LogP) is 1.95. The highest BCUT2D eigenvalue weighted by Gasteiger charge is 2.22. The summed E-state index contributed by atoms with van der Waals surface area (Å²) in [6, 6.07) is 7.32. The number of halogens is 1. The molecule has 1 aromatic carbocycles. The number of nitrogens with zero attached hydrogens (tertiary/aromatic N) is 3. The average molecular weight is 321 g/mol. The van der Waals surface area contributed by atoms with Gasteiger partial charge in [0, 0.05) is 6.04 Å². The van der Waals surface area contributed by atoms with Crippen molar-refractivity contribution in [3.63, 3.8) is 0 Å². The van der Waals surface area contributed by atoms with E-state index in [0.717, 1.165) is 25.7 Å². The molecule has 116 valence electrons. The molecular weight excluding hydrogens is 304 g/mol. The lowest BCUT2D eigenvalue weighted by atomic mass is 9.93. The summed E-state index contributed by atoms with van der Waals surface area (Å²) in [5.41, 5.74) is 0.933. The monoisotopic (exact) mass is 320 g/mol. The maximum absolute atomic E-state index is 12.2. The van der Waals surface area contributed by atoms with Crippen LogP contribution in [0, 0.1) is 0 Å². The molecule has 0 spiro atoms. The number of nitrogens with one attached hydrogen (secondary N) is 1. The average Bonchev–Trinajstić information content (AvgIpc) is 3.00. The fourth-order valence-corrected chi connectivity index (χ4v) is 2.82. The second kappa shape index (κ2) is 6.46. The molecule has 0 unspecified atom stereocenters. The molecule has 3 rings (SSSR count). The topological polar surface area (TPSA) is 80.0 Å². The molecule has 1 fully saturated rings. The van der Waals surface area contributed by atoms with Gasteiger partial charge < -0.3 is 10.4 Å². The van der Waals surface area contributed by atoms with Gasteiger partial charge in [0.2, 0.25) is 0 Å². The zero-order valence-corrected chi connectivity index (χ0v) is 12.7. The maximum atomic E-state index is 12.2. The Bertz CT molecular complexity index is 665. The first-order valence-electron chi connectivity index (χ1n) is 7.29. The lowest BCUT2D eigenvalue weighted by Crippen LogP contribution is -2.38.